The van der Waals surface area contributed by atoms with Gasteiger partial charge in [-0.25, -0.2) is 4.98 Å². The van der Waals surface area contributed by atoms with E-state index in [0.717, 1.165) is 42.6 Å². The Labute approximate surface area is 140 Å². The summed E-state index contributed by atoms with van der Waals surface area (Å²) in [5.74, 6) is 0.567. The van der Waals surface area contributed by atoms with Crippen LogP contribution in [0.15, 0.2) is 36.8 Å². The monoisotopic (exact) mass is 334 g/mol. The first-order chi connectivity index (χ1) is 10.7. The van der Waals surface area contributed by atoms with Crippen molar-refractivity contribution in [3.8, 4) is 0 Å². The molecule has 22 heavy (non-hydrogen) atoms. The predicted octanol–water partition coefficient (Wildman–Crippen LogP) is 3.32. The fourth-order valence-electron chi connectivity index (χ4n) is 2.78. The van der Waals surface area contributed by atoms with Crippen molar-refractivity contribution in [3.05, 3.63) is 53.1 Å². The van der Waals surface area contributed by atoms with Crippen LogP contribution in [0.25, 0.3) is 0 Å². The van der Waals surface area contributed by atoms with Gasteiger partial charge in [0.25, 0.3) is 0 Å². The molecule has 2 N–H and O–H groups in total. The van der Waals surface area contributed by atoms with Crippen LogP contribution in [0.1, 0.15) is 30.0 Å². The van der Waals surface area contributed by atoms with Crippen LogP contribution in [0.2, 0.25) is 5.02 Å². The van der Waals surface area contributed by atoms with Crippen molar-refractivity contribution >= 4 is 28.9 Å². The maximum atomic E-state index is 5.89. The number of aromatic nitrogens is 2. The molecular formula is C16H19ClN4S. The summed E-state index contributed by atoms with van der Waals surface area (Å²) >= 11 is 11.4. The number of likely N-dealkylation sites (tertiary alicyclic amines) is 1. The molecule has 116 valence electrons. The second-order valence-corrected chi connectivity index (χ2v) is 6.38. The van der Waals surface area contributed by atoms with Crippen molar-refractivity contribution in [3.63, 3.8) is 0 Å². The van der Waals surface area contributed by atoms with Gasteiger partial charge in [-0.2, -0.15) is 0 Å². The van der Waals surface area contributed by atoms with E-state index in [1.807, 2.05) is 30.5 Å². The second kappa shape index (κ2) is 7.11. The summed E-state index contributed by atoms with van der Waals surface area (Å²) in [6.07, 6.45) is 5.88. The van der Waals surface area contributed by atoms with Crippen molar-refractivity contribution in [2.45, 2.75) is 25.3 Å². The summed E-state index contributed by atoms with van der Waals surface area (Å²) in [7, 11) is 0. The molecule has 1 aromatic carbocycles. The predicted molar refractivity (Wildman–Crippen MR) is 93.0 cm³/mol. The highest BCUT2D eigenvalue weighted by atomic mass is 35.5. The Morgan fingerprint density at radius 2 is 2.05 bits per heavy atom. The normalized spacial score (nSPS) is 15.8. The lowest BCUT2D eigenvalue weighted by Crippen LogP contribution is -2.43. The Morgan fingerprint density at radius 1 is 1.32 bits per heavy atom. The lowest BCUT2D eigenvalue weighted by atomic mass is 9.94. The number of hydrogen-bond donors (Lipinski definition) is 2. The Bertz CT molecular complexity index is 604. The third-order valence-electron chi connectivity index (χ3n) is 4.10. The van der Waals surface area contributed by atoms with Gasteiger partial charge in [-0.15, -0.1) is 0 Å². The van der Waals surface area contributed by atoms with E-state index in [-0.39, 0.29) is 0 Å². The van der Waals surface area contributed by atoms with Crippen LogP contribution in [0.4, 0.5) is 0 Å². The molecule has 0 radical (unpaired) electrons. The van der Waals surface area contributed by atoms with Gasteiger partial charge in [0.05, 0.1) is 6.33 Å². The van der Waals surface area contributed by atoms with E-state index in [9.17, 15) is 0 Å². The van der Waals surface area contributed by atoms with Gasteiger partial charge in [0.15, 0.2) is 5.11 Å². The van der Waals surface area contributed by atoms with Crippen molar-refractivity contribution in [2.75, 3.05) is 13.1 Å². The van der Waals surface area contributed by atoms with Crippen LogP contribution >= 0.6 is 23.8 Å². The zero-order valence-electron chi connectivity index (χ0n) is 12.3. The van der Waals surface area contributed by atoms with Crippen LogP contribution in [0.3, 0.4) is 0 Å². The lowest BCUT2D eigenvalue weighted by molar-refractivity contribution is 0.307. The van der Waals surface area contributed by atoms with Crippen molar-refractivity contribution in [2.24, 2.45) is 0 Å². The number of hydrogen-bond acceptors (Lipinski definition) is 2. The highest BCUT2D eigenvalue weighted by molar-refractivity contribution is 7.80. The third-order valence-corrected chi connectivity index (χ3v) is 4.75. The number of benzene rings is 1. The SMILES string of the molecule is S=C(NCc1ccc(Cl)cc1)N1CCC(c2cnc[nH]2)CC1. The molecule has 0 atom stereocenters. The van der Waals surface area contributed by atoms with Crippen LogP contribution in [-0.2, 0) is 6.54 Å². The minimum atomic E-state index is 0.567. The molecule has 0 saturated carbocycles. The van der Waals surface area contributed by atoms with Crippen LogP contribution in [0.5, 0.6) is 0 Å². The van der Waals surface area contributed by atoms with Crippen LogP contribution in [0, 0.1) is 0 Å². The maximum Gasteiger partial charge on any atom is 0.169 e. The van der Waals surface area contributed by atoms with Gasteiger partial charge in [-0.3, -0.25) is 0 Å². The quantitative estimate of drug-likeness (QED) is 0.845. The zero-order valence-corrected chi connectivity index (χ0v) is 13.8. The lowest BCUT2D eigenvalue weighted by Gasteiger charge is -2.33. The molecule has 0 amide bonds. The Hall–Kier alpha value is -1.59. The number of nitrogens with one attached hydrogen (secondary N) is 2. The molecule has 0 spiro atoms. The molecule has 4 nitrogen and oxygen atoms in total. The summed E-state index contributed by atoms with van der Waals surface area (Å²) in [5, 5.41) is 4.92. The van der Waals surface area contributed by atoms with Gasteiger partial charge in [0, 0.05) is 42.5 Å². The van der Waals surface area contributed by atoms with Gasteiger partial charge in [0.2, 0.25) is 0 Å². The van der Waals surface area contributed by atoms with E-state index < -0.39 is 0 Å². The first kappa shape index (κ1) is 15.3. The minimum absolute atomic E-state index is 0.567. The summed E-state index contributed by atoms with van der Waals surface area (Å²) in [4.78, 5) is 9.57. The van der Waals surface area contributed by atoms with Crippen molar-refractivity contribution in [1.29, 1.82) is 0 Å². The molecule has 1 saturated heterocycles. The summed E-state index contributed by atoms with van der Waals surface area (Å²) in [6.45, 7) is 2.70. The average molecular weight is 335 g/mol. The topological polar surface area (TPSA) is 44.0 Å². The second-order valence-electron chi connectivity index (χ2n) is 5.55. The molecular weight excluding hydrogens is 316 g/mol. The number of piperidine rings is 1. The van der Waals surface area contributed by atoms with E-state index in [1.54, 1.807) is 6.33 Å². The Morgan fingerprint density at radius 3 is 2.68 bits per heavy atom. The number of nitrogens with zero attached hydrogens (tertiary/aromatic N) is 2. The minimum Gasteiger partial charge on any atom is -0.358 e. The molecule has 1 aromatic heterocycles. The Kier molecular flexibility index (Phi) is 4.95. The summed E-state index contributed by atoms with van der Waals surface area (Å²) in [5.41, 5.74) is 2.42. The van der Waals surface area contributed by atoms with Gasteiger partial charge in [-0.05, 0) is 42.8 Å². The largest absolute Gasteiger partial charge is 0.358 e. The standard InChI is InChI=1S/C16H19ClN4S/c17-14-3-1-12(2-4-14)9-19-16(22)21-7-5-13(6-8-21)15-10-18-11-20-15/h1-4,10-11,13H,5-9H2,(H,18,20)(H,19,22). The van der Waals surface area contributed by atoms with E-state index >= 15 is 0 Å². The molecule has 2 aromatic rings. The smallest absolute Gasteiger partial charge is 0.169 e. The molecule has 3 rings (SSSR count). The van der Waals surface area contributed by atoms with Gasteiger partial charge >= 0.3 is 0 Å². The fraction of sp³-hybridized carbons (Fsp3) is 0.375. The third kappa shape index (κ3) is 3.78. The van der Waals surface area contributed by atoms with Crippen LogP contribution < -0.4 is 5.32 Å². The van der Waals surface area contributed by atoms with E-state index in [1.165, 1.54) is 11.3 Å². The first-order valence-corrected chi connectivity index (χ1v) is 8.26. The van der Waals surface area contributed by atoms with Crippen molar-refractivity contribution in [1.82, 2.24) is 20.2 Å². The average Bonchev–Trinajstić information content (AvgIpc) is 3.09. The summed E-state index contributed by atoms with van der Waals surface area (Å²) in [6, 6.07) is 7.83. The first-order valence-electron chi connectivity index (χ1n) is 7.48. The zero-order chi connectivity index (χ0) is 15.4. The molecule has 1 fully saturated rings. The van der Waals surface area contributed by atoms with E-state index in [0.29, 0.717) is 5.92 Å². The molecule has 1 aliphatic heterocycles. The highest BCUT2D eigenvalue weighted by Crippen LogP contribution is 2.26. The number of H-pyrrole nitrogens is 1. The Balaban J connectivity index is 1.46. The molecule has 0 unspecified atom stereocenters. The van der Waals surface area contributed by atoms with E-state index in [4.69, 9.17) is 23.8 Å². The summed E-state index contributed by atoms with van der Waals surface area (Å²) < 4.78 is 0. The fourth-order valence-corrected chi connectivity index (χ4v) is 3.16. The van der Waals surface area contributed by atoms with Crippen LogP contribution in [-0.4, -0.2) is 33.1 Å². The molecule has 6 heteroatoms. The number of thiocarbonyl (C=S) groups is 1. The molecule has 2 heterocycles. The van der Waals surface area contributed by atoms with E-state index in [2.05, 4.69) is 20.2 Å². The number of halogens is 1. The van der Waals surface area contributed by atoms with Gasteiger partial charge in [-0.1, -0.05) is 23.7 Å². The number of rotatable bonds is 3. The van der Waals surface area contributed by atoms with Crippen molar-refractivity contribution < 1.29 is 0 Å². The van der Waals surface area contributed by atoms with Gasteiger partial charge < -0.3 is 15.2 Å². The highest BCUT2D eigenvalue weighted by Gasteiger charge is 2.22. The molecule has 1 aliphatic rings. The molecule has 0 bridgehead atoms. The molecule has 0 aliphatic carbocycles. The number of aromatic amines is 1. The van der Waals surface area contributed by atoms with Gasteiger partial charge in [0.1, 0.15) is 0 Å². The number of imidazole rings is 1. The maximum absolute atomic E-state index is 5.89.